The minimum atomic E-state index is -0.718. The van der Waals surface area contributed by atoms with Gasteiger partial charge in [-0.25, -0.2) is 4.79 Å². The van der Waals surface area contributed by atoms with Gasteiger partial charge >= 0.3 is 6.03 Å². The largest absolute Gasteiger partial charge is 0.488 e. The van der Waals surface area contributed by atoms with Crippen LogP contribution in [0.4, 0.5) is 4.79 Å². The number of rotatable bonds is 7. The Morgan fingerprint density at radius 3 is 2.72 bits per heavy atom. The van der Waals surface area contributed by atoms with Gasteiger partial charge in [-0.1, -0.05) is 26.0 Å². The van der Waals surface area contributed by atoms with E-state index in [1.54, 1.807) is 0 Å². The van der Waals surface area contributed by atoms with Crippen LogP contribution >= 0.6 is 0 Å². The molecule has 1 aliphatic rings. The Labute approximate surface area is 148 Å². The van der Waals surface area contributed by atoms with E-state index < -0.39 is 12.1 Å². The number of benzene rings is 1. The monoisotopic (exact) mass is 349 g/mol. The van der Waals surface area contributed by atoms with Crippen LogP contribution in [0.25, 0.3) is 0 Å². The van der Waals surface area contributed by atoms with E-state index in [0.717, 1.165) is 17.7 Å². The molecule has 7 heteroatoms. The minimum Gasteiger partial charge on any atom is -0.488 e. The van der Waals surface area contributed by atoms with E-state index in [1.165, 1.54) is 0 Å². The first-order valence-electron chi connectivity index (χ1n) is 8.47. The van der Waals surface area contributed by atoms with Gasteiger partial charge in [0.05, 0.1) is 6.54 Å². The maximum absolute atomic E-state index is 12.1. The lowest BCUT2D eigenvalue weighted by Gasteiger charge is -2.21. The summed E-state index contributed by atoms with van der Waals surface area (Å²) in [5.74, 6) is 1.09. The molecular weight excluding hydrogens is 322 g/mol. The van der Waals surface area contributed by atoms with Crippen molar-refractivity contribution in [2.24, 2.45) is 11.7 Å². The lowest BCUT2D eigenvalue weighted by molar-refractivity contribution is -0.123. The van der Waals surface area contributed by atoms with Crippen molar-refractivity contribution in [3.8, 4) is 11.5 Å². The molecule has 1 atom stereocenters. The molecule has 0 bridgehead atoms. The molecule has 0 radical (unpaired) electrons. The third-order valence-electron chi connectivity index (χ3n) is 3.96. The summed E-state index contributed by atoms with van der Waals surface area (Å²) in [5, 5.41) is 5.20. The molecule has 0 aliphatic carbocycles. The lowest BCUT2D eigenvalue weighted by Crippen LogP contribution is -2.51. The first-order valence-corrected chi connectivity index (χ1v) is 8.47. The Bertz CT molecular complexity index is 643. The van der Waals surface area contributed by atoms with E-state index in [2.05, 4.69) is 10.6 Å². The van der Waals surface area contributed by atoms with Crippen LogP contribution in [-0.2, 0) is 11.2 Å². The zero-order valence-corrected chi connectivity index (χ0v) is 15.2. The van der Waals surface area contributed by atoms with E-state index in [9.17, 15) is 9.59 Å². The molecule has 4 N–H and O–H groups in total. The normalized spacial score (nSPS) is 15.9. The number of nitrogens with one attached hydrogen (secondary N) is 2. The van der Waals surface area contributed by atoms with Gasteiger partial charge in [-0.3, -0.25) is 4.79 Å². The molecule has 0 spiro atoms. The highest BCUT2D eigenvalue weighted by Gasteiger charge is 2.32. The number of carbonyl (C=O) groups is 2. The number of urea groups is 1. The van der Waals surface area contributed by atoms with Crippen LogP contribution < -0.4 is 25.8 Å². The van der Waals surface area contributed by atoms with Crippen molar-refractivity contribution in [2.75, 3.05) is 13.2 Å². The number of ether oxygens (including phenoxy) is 2. The van der Waals surface area contributed by atoms with Gasteiger partial charge in [0, 0.05) is 12.0 Å². The number of hydrogen-bond acceptors (Lipinski definition) is 4. The van der Waals surface area contributed by atoms with Crippen LogP contribution in [0.3, 0.4) is 0 Å². The molecule has 25 heavy (non-hydrogen) atoms. The standard InChI is InChI=1S/C18H27N3O4/c1-11(2)14(21-17(19)23)16(22)20-8-9-24-13-7-5-6-12-10-18(3,4)25-15(12)13/h5-7,11,14H,8-10H2,1-4H3,(H,20,22)(H3,19,21,23)/t14-/m1/s1. The molecule has 0 fully saturated rings. The predicted molar refractivity (Wildman–Crippen MR) is 94.7 cm³/mol. The van der Waals surface area contributed by atoms with Crippen LogP contribution in [-0.4, -0.2) is 36.7 Å². The second-order valence-corrected chi connectivity index (χ2v) is 7.15. The summed E-state index contributed by atoms with van der Waals surface area (Å²) >= 11 is 0. The maximum Gasteiger partial charge on any atom is 0.312 e. The second-order valence-electron chi connectivity index (χ2n) is 7.15. The molecule has 0 aromatic heterocycles. The van der Waals surface area contributed by atoms with Crippen molar-refractivity contribution in [1.29, 1.82) is 0 Å². The third-order valence-corrected chi connectivity index (χ3v) is 3.96. The molecule has 1 aliphatic heterocycles. The van der Waals surface area contributed by atoms with Gasteiger partial charge < -0.3 is 25.8 Å². The van der Waals surface area contributed by atoms with Gasteiger partial charge in [0.15, 0.2) is 11.5 Å². The quantitative estimate of drug-likeness (QED) is 0.650. The molecule has 2 rings (SSSR count). The number of para-hydroxylation sites is 1. The Morgan fingerprint density at radius 1 is 1.36 bits per heavy atom. The minimum absolute atomic E-state index is 0.0681. The summed E-state index contributed by atoms with van der Waals surface area (Å²) in [6.45, 7) is 8.36. The van der Waals surface area contributed by atoms with E-state index in [0.29, 0.717) is 18.9 Å². The SMILES string of the molecule is CC(C)[C@@H](NC(N)=O)C(=O)NCCOc1cccc2c1OC(C)(C)C2. The molecule has 1 aromatic rings. The molecule has 7 nitrogen and oxygen atoms in total. The summed E-state index contributed by atoms with van der Waals surface area (Å²) in [4.78, 5) is 23.1. The lowest BCUT2D eigenvalue weighted by atomic mass is 10.0. The number of primary amides is 1. The van der Waals surface area contributed by atoms with E-state index in [-0.39, 0.29) is 17.4 Å². The number of carbonyl (C=O) groups excluding carboxylic acids is 2. The van der Waals surface area contributed by atoms with Crippen molar-refractivity contribution < 1.29 is 19.1 Å². The molecule has 0 saturated carbocycles. The van der Waals surface area contributed by atoms with Crippen LogP contribution in [0.1, 0.15) is 33.3 Å². The second kappa shape index (κ2) is 7.63. The fraction of sp³-hybridized carbons (Fsp3) is 0.556. The molecule has 0 saturated heterocycles. The van der Waals surface area contributed by atoms with Crippen molar-refractivity contribution in [3.05, 3.63) is 23.8 Å². The Balaban J connectivity index is 1.85. The number of amides is 3. The number of fused-ring (bicyclic) bond motifs is 1. The topological polar surface area (TPSA) is 103 Å². The first-order chi connectivity index (χ1) is 11.7. The molecule has 0 unspecified atom stereocenters. The summed E-state index contributed by atoms with van der Waals surface area (Å²) < 4.78 is 11.7. The van der Waals surface area contributed by atoms with Crippen molar-refractivity contribution in [2.45, 2.75) is 45.8 Å². The summed E-state index contributed by atoms with van der Waals surface area (Å²) in [6.07, 6.45) is 0.838. The average Bonchev–Trinajstić information content (AvgIpc) is 2.83. The summed E-state index contributed by atoms with van der Waals surface area (Å²) in [7, 11) is 0. The van der Waals surface area contributed by atoms with E-state index in [4.69, 9.17) is 15.2 Å². The van der Waals surface area contributed by atoms with E-state index >= 15 is 0 Å². The Hall–Kier alpha value is -2.44. The van der Waals surface area contributed by atoms with Gasteiger partial charge in [-0.15, -0.1) is 0 Å². The highest BCUT2D eigenvalue weighted by Crippen LogP contribution is 2.41. The van der Waals surface area contributed by atoms with E-state index in [1.807, 2.05) is 45.9 Å². The maximum atomic E-state index is 12.1. The number of nitrogens with two attached hydrogens (primary N) is 1. The first kappa shape index (κ1) is 18.9. The average molecular weight is 349 g/mol. The molecular formula is C18H27N3O4. The van der Waals surface area contributed by atoms with Crippen molar-refractivity contribution in [3.63, 3.8) is 0 Å². The van der Waals surface area contributed by atoms with Gasteiger partial charge in [0.25, 0.3) is 0 Å². The highest BCUT2D eigenvalue weighted by atomic mass is 16.5. The van der Waals surface area contributed by atoms with Crippen LogP contribution in [0.15, 0.2) is 18.2 Å². The van der Waals surface area contributed by atoms with Crippen LogP contribution in [0, 0.1) is 5.92 Å². The zero-order valence-electron chi connectivity index (χ0n) is 15.2. The number of hydrogen-bond donors (Lipinski definition) is 3. The highest BCUT2D eigenvalue weighted by molar-refractivity contribution is 5.86. The molecule has 138 valence electrons. The molecule has 1 aromatic carbocycles. The zero-order chi connectivity index (χ0) is 18.6. The smallest absolute Gasteiger partial charge is 0.312 e. The molecule has 1 heterocycles. The fourth-order valence-electron chi connectivity index (χ4n) is 2.83. The van der Waals surface area contributed by atoms with Gasteiger partial charge in [-0.2, -0.15) is 0 Å². The van der Waals surface area contributed by atoms with Gasteiger partial charge in [0.1, 0.15) is 18.2 Å². The van der Waals surface area contributed by atoms with Gasteiger partial charge in [-0.05, 0) is 25.8 Å². The summed E-state index contributed by atoms with van der Waals surface area (Å²) in [5.41, 5.74) is 5.99. The van der Waals surface area contributed by atoms with Gasteiger partial charge in [0.2, 0.25) is 5.91 Å². The predicted octanol–water partition coefficient (Wildman–Crippen LogP) is 1.59. The Morgan fingerprint density at radius 2 is 2.08 bits per heavy atom. The Kier molecular flexibility index (Phi) is 5.77. The fourth-order valence-corrected chi connectivity index (χ4v) is 2.83. The third kappa shape index (κ3) is 5.01. The van der Waals surface area contributed by atoms with Crippen molar-refractivity contribution >= 4 is 11.9 Å². The van der Waals surface area contributed by atoms with Crippen LogP contribution in [0.2, 0.25) is 0 Å². The van der Waals surface area contributed by atoms with Crippen LogP contribution in [0.5, 0.6) is 11.5 Å². The summed E-state index contributed by atoms with van der Waals surface area (Å²) in [6, 6.07) is 4.44. The van der Waals surface area contributed by atoms with Crippen molar-refractivity contribution in [1.82, 2.24) is 10.6 Å². The molecule has 3 amide bonds.